The topological polar surface area (TPSA) is 78.1 Å². The van der Waals surface area contributed by atoms with Gasteiger partial charge in [0, 0.05) is 25.2 Å². The molecule has 120 valence electrons. The molecule has 1 aliphatic heterocycles. The number of rotatable bonds is 6. The van der Waals surface area contributed by atoms with Crippen LogP contribution in [0.15, 0.2) is 11.2 Å². The SMILES string of the molecule is CCCNCc1cn[nH]c1S(=O)(=O)N1CCC(C)(C)CC1. The van der Waals surface area contributed by atoms with Crippen LogP contribution in [0.4, 0.5) is 0 Å². The van der Waals surface area contributed by atoms with E-state index in [1.54, 1.807) is 10.5 Å². The van der Waals surface area contributed by atoms with Crippen LogP contribution >= 0.6 is 0 Å². The minimum atomic E-state index is -3.46. The van der Waals surface area contributed by atoms with Crippen LogP contribution < -0.4 is 5.32 Å². The minimum absolute atomic E-state index is 0.228. The fourth-order valence-corrected chi connectivity index (χ4v) is 4.06. The van der Waals surface area contributed by atoms with Crippen LogP contribution in [-0.4, -0.2) is 42.6 Å². The normalized spacial score (nSPS) is 19.8. The van der Waals surface area contributed by atoms with Gasteiger partial charge in [0.1, 0.15) is 0 Å². The number of H-pyrrole nitrogens is 1. The monoisotopic (exact) mass is 314 g/mol. The highest BCUT2D eigenvalue weighted by Crippen LogP contribution is 2.32. The van der Waals surface area contributed by atoms with Gasteiger partial charge in [-0.2, -0.15) is 9.40 Å². The van der Waals surface area contributed by atoms with E-state index in [2.05, 4.69) is 36.3 Å². The smallest absolute Gasteiger partial charge is 0.260 e. The molecule has 7 heteroatoms. The van der Waals surface area contributed by atoms with Crippen molar-refractivity contribution >= 4 is 10.0 Å². The third-order valence-corrected chi connectivity index (χ3v) is 6.01. The average molecular weight is 314 g/mol. The van der Waals surface area contributed by atoms with E-state index in [1.807, 2.05) is 0 Å². The molecule has 6 nitrogen and oxygen atoms in total. The van der Waals surface area contributed by atoms with Crippen molar-refractivity contribution in [2.75, 3.05) is 19.6 Å². The van der Waals surface area contributed by atoms with Crippen LogP contribution in [0.3, 0.4) is 0 Å². The molecule has 2 N–H and O–H groups in total. The summed E-state index contributed by atoms with van der Waals surface area (Å²) in [4.78, 5) is 0. The van der Waals surface area contributed by atoms with Crippen molar-refractivity contribution in [1.82, 2.24) is 19.8 Å². The summed E-state index contributed by atoms with van der Waals surface area (Å²) < 4.78 is 27.1. The molecule has 0 bridgehead atoms. The maximum absolute atomic E-state index is 12.7. The van der Waals surface area contributed by atoms with Gasteiger partial charge in [-0.3, -0.25) is 5.10 Å². The highest BCUT2D eigenvalue weighted by atomic mass is 32.2. The van der Waals surface area contributed by atoms with Crippen molar-refractivity contribution in [1.29, 1.82) is 0 Å². The first-order chi connectivity index (χ1) is 9.87. The molecule has 0 amide bonds. The summed E-state index contributed by atoms with van der Waals surface area (Å²) in [5.41, 5.74) is 0.944. The molecule has 1 aliphatic rings. The summed E-state index contributed by atoms with van der Waals surface area (Å²) >= 11 is 0. The van der Waals surface area contributed by atoms with Crippen molar-refractivity contribution in [3.8, 4) is 0 Å². The largest absolute Gasteiger partial charge is 0.313 e. The number of sulfonamides is 1. The molecule has 2 heterocycles. The third-order valence-electron chi connectivity index (χ3n) is 4.09. The molecular weight excluding hydrogens is 288 g/mol. The Balaban J connectivity index is 2.11. The van der Waals surface area contributed by atoms with Gasteiger partial charge < -0.3 is 5.32 Å². The number of nitrogens with one attached hydrogen (secondary N) is 2. The van der Waals surface area contributed by atoms with E-state index in [4.69, 9.17) is 0 Å². The number of aromatic amines is 1. The lowest BCUT2D eigenvalue weighted by Crippen LogP contribution is -2.41. The van der Waals surface area contributed by atoms with Gasteiger partial charge in [0.05, 0.1) is 6.20 Å². The lowest BCUT2D eigenvalue weighted by atomic mass is 9.83. The van der Waals surface area contributed by atoms with Gasteiger partial charge in [-0.25, -0.2) is 8.42 Å². The maximum atomic E-state index is 12.7. The molecule has 0 radical (unpaired) electrons. The Kier molecular flexibility index (Phi) is 5.06. The predicted octanol–water partition coefficient (Wildman–Crippen LogP) is 1.72. The number of nitrogens with zero attached hydrogens (tertiary/aromatic N) is 2. The summed E-state index contributed by atoms with van der Waals surface area (Å²) in [6.07, 6.45) is 4.40. The van der Waals surface area contributed by atoms with Gasteiger partial charge >= 0.3 is 0 Å². The van der Waals surface area contributed by atoms with Gasteiger partial charge in [-0.15, -0.1) is 0 Å². The van der Waals surface area contributed by atoms with E-state index in [-0.39, 0.29) is 10.4 Å². The van der Waals surface area contributed by atoms with Crippen molar-refractivity contribution in [3.05, 3.63) is 11.8 Å². The second-order valence-corrected chi connectivity index (χ2v) is 8.34. The Hall–Kier alpha value is -0.920. The zero-order chi connectivity index (χ0) is 15.5. The first-order valence-electron chi connectivity index (χ1n) is 7.60. The van der Waals surface area contributed by atoms with Crippen LogP contribution in [-0.2, 0) is 16.6 Å². The summed E-state index contributed by atoms with van der Waals surface area (Å²) in [7, 11) is -3.46. The summed E-state index contributed by atoms with van der Waals surface area (Å²) in [5.74, 6) is 0. The standard InChI is InChI=1S/C14H26N4O2S/c1-4-7-15-10-12-11-16-17-13(12)21(19,20)18-8-5-14(2,3)6-9-18/h11,15H,4-10H2,1-3H3,(H,16,17). The zero-order valence-corrected chi connectivity index (χ0v) is 14.0. The summed E-state index contributed by atoms with van der Waals surface area (Å²) in [6.45, 7) is 9.00. The van der Waals surface area contributed by atoms with E-state index in [0.717, 1.165) is 25.8 Å². The predicted molar refractivity (Wildman–Crippen MR) is 82.4 cm³/mol. The molecule has 0 spiro atoms. The summed E-state index contributed by atoms with van der Waals surface area (Å²) in [6, 6.07) is 0. The minimum Gasteiger partial charge on any atom is -0.313 e. The van der Waals surface area contributed by atoms with E-state index < -0.39 is 10.0 Å². The molecule has 0 saturated carbocycles. The Morgan fingerprint density at radius 2 is 2.05 bits per heavy atom. The van der Waals surface area contributed by atoms with Gasteiger partial charge in [0.2, 0.25) is 0 Å². The number of hydrogen-bond donors (Lipinski definition) is 2. The molecule has 0 aliphatic carbocycles. The van der Waals surface area contributed by atoms with E-state index in [9.17, 15) is 8.42 Å². The van der Waals surface area contributed by atoms with E-state index in [0.29, 0.717) is 25.2 Å². The highest BCUT2D eigenvalue weighted by molar-refractivity contribution is 7.89. The van der Waals surface area contributed by atoms with Crippen LogP contribution in [0.2, 0.25) is 0 Å². The Morgan fingerprint density at radius 1 is 1.38 bits per heavy atom. The second kappa shape index (κ2) is 6.46. The molecule has 1 saturated heterocycles. The highest BCUT2D eigenvalue weighted by Gasteiger charge is 2.34. The van der Waals surface area contributed by atoms with Gasteiger partial charge in [-0.05, 0) is 31.2 Å². The Morgan fingerprint density at radius 3 is 2.67 bits per heavy atom. The lowest BCUT2D eigenvalue weighted by molar-refractivity contribution is 0.195. The molecule has 1 aromatic heterocycles. The molecule has 1 aromatic rings. The lowest BCUT2D eigenvalue weighted by Gasteiger charge is -2.35. The first-order valence-corrected chi connectivity index (χ1v) is 9.04. The van der Waals surface area contributed by atoms with Gasteiger partial charge in [0.25, 0.3) is 10.0 Å². The number of piperidine rings is 1. The molecular formula is C14H26N4O2S. The molecule has 1 fully saturated rings. The molecule has 0 atom stereocenters. The van der Waals surface area contributed by atoms with E-state index >= 15 is 0 Å². The number of aromatic nitrogens is 2. The maximum Gasteiger partial charge on any atom is 0.260 e. The van der Waals surface area contributed by atoms with Gasteiger partial charge in [0.15, 0.2) is 5.03 Å². The number of hydrogen-bond acceptors (Lipinski definition) is 4. The Labute approximate surface area is 127 Å². The van der Waals surface area contributed by atoms with Crippen molar-refractivity contribution in [2.24, 2.45) is 5.41 Å². The van der Waals surface area contributed by atoms with Crippen molar-refractivity contribution in [3.63, 3.8) is 0 Å². The first kappa shape index (κ1) is 16.5. The zero-order valence-electron chi connectivity index (χ0n) is 13.1. The fourth-order valence-electron chi connectivity index (χ4n) is 2.51. The molecule has 21 heavy (non-hydrogen) atoms. The molecule has 0 aromatic carbocycles. The third kappa shape index (κ3) is 3.84. The van der Waals surface area contributed by atoms with Crippen LogP contribution in [0.25, 0.3) is 0 Å². The summed E-state index contributed by atoms with van der Waals surface area (Å²) in [5, 5.41) is 10.1. The van der Waals surface area contributed by atoms with Crippen LogP contribution in [0.5, 0.6) is 0 Å². The van der Waals surface area contributed by atoms with Gasteiger partial charge in [-0.1, -0.05) is 20.8 Å². The van der Waals surface area contributed by atoms with Crippen molar-refractivity contribution in [2.45, 2.75) is 51.6 Å². The molecule has 0 unspecified atom stereocenters. The van der Waals surface area contributed by atoms with Crippen molar-refractivity contribution < 1.29 is 8.42 Å². The molecule has 2 rings (SSSR count). The quantitative estimate of drug-likeness (QED) is 0.784. The fraction of sp³-hybridized carbons (Fsp3) is 0.786. The van der Waals surface area contributed by atoms with Crippen LogP contribution in [0.1, 0.15) is 45.6 Å². The second-order valence-electron chi connectivity index (χ2n) is 6.47. The van der Waals surface area contributed by atoms with Crippen LogP contribution in [0, 0.1) is 5.41 Å². The Bertz CT molecular complexity index is 555. The average Bonchev–Trinajstić information content (AvgIpc) is 2.88. The van der Waals surface area contributed by atoms with E-state index in [1.165, 1.54) is 0 Å².